The van der Waals surface area contributed by atoms with Crippen LogP contribution >= 0.6 is 11.3 Å². The molecule has 2 aromatic rings. The Hall–Kier alpha value is -2.15. The van der Waals surface area contributed by atoms with Gasteiger partial charge in [-0.15, -0.1) is 17.9 Å². The number of nitrogens with zero attached hydrogens (tertiary/aromatic N) is 2. The molecule has 1 aliphatic carbocycles. The van der Waals surface area contributed by atoms with Crippen LogP contribution in [0.4, 0.5) is 0 Å². The number of carbonyl (C=O) groups excluding carboxylic acids is 1. The van der Waals surface area contributed by atoms with Gasteiger partial charge in [-0.05, 0) is 74.1 Å². The summed E-state index contributed by atoms with van der Waals surface area (Å²) in [5, 5.41) is 12.6. The minimum absolute atomic E-state index is 0.0812. The van der Waals surface area contributed by atoms with Crippen molar-refractivity contribution in [3.8, 4) is 5.75 Å². The van der Waals surface area contributed by atoms with Crippen LogP contribution < -0.4 is 4.74 Å². The molecule has 0 saturated heterocycles. The normalized spacial score (nSPS) is 18.8. The highest BCUT2D eigenvalue weighted by molar-refractivity contribution is 7.10. The van der Waals surface area contributed by atoms with E-state index in [4.69, 9.17) is 4.74 Å². The topological polar surface area (TPSA) is 53.0 Å². The van der Waals surface area contributed by atoms with Gasteiger partial charge in [0.15, 0.2) is 0 Å². The maximum absolute atomic E-state index is 13.5. The Morgan fingerprint density at radius 2 is 2.12 bits per heavy atom. The van der Waals surface area contributed by atoms with E-state index in [-0.39, 0.29) is 11.9 Å². The van der Waals surface area contributed by atoms with Crippen LogP contribution in [0, 0.1) is 12.8 Å². The Morgan fingerprint density at radius 1 is 1.33 bits per heavy atom. The van der Waals surface area contributed by atoms with E-state index in [0.29, 0.717) is 38.6 Å². The second kappa shape index (κ2) is 11.3. The van der Waals surface area contributed by atoms with Crippen LogP contribution in [0.5, 0.6) is 5.75 Å². The molecule has 1 amide bonds. The van der Waals surface area contributed by atoms with Gasteiger partial charge in [0.1, 0.15) is 12.4 Å². The SMILES string of the molecule is C=CCCC(O)CN(CC(=O)N1CCc2sccc2C1COc1ccc(C)cc1)CC1CC1. The van der Waals surface area contributed by atoms with E-state index in [2.05, 4.69) is 29.8 Å². The average Bonchev–Trinajstić information content (AvgIpc) is 3.48. The highest BCUT2D eigenvalue weighted by atomic mass is 32.1. The molecule has 0 radical (unpaired) electrons. The van der Waals surface area contributed by atoms with Gasteiger partial charge >= 0.3 is 0 Å². The van der Waals surface area contributed by atoms with Gasteiger partial charge in [-0.1, -0.05) is 23.8 Å². The number of benzene rings is 1. The van der Waals surface area contributed by atoms with Gasteiger partial charge in [0.2, 0.25) is 5.91 Å². The van der Waals surface area contributed by atoms with Crippen molar-refractivity contribution in [3.63, 3.8) is 0 Å². The molecule has 178 valence electrons. The molecule has 1 aromatic heterocycles. The summed E-state index contributed by atoms with van der Waals surface area (Å²) in [5.74, 6) is 1.62. The number of thiophene rings is 1. The van der Waals surface area contributed by atoms with Crippen molar-refractivity contribution in [1.82, 2.24) is 9.80 Å². The van der Waals surface area contributed by atoms with Gasteiger partial charge in [-0.3, -0.25) is 9.69 Å². The molecule has 33 heavy (non-hydrogen) atoms. The number of ether oxygens (including phenoxy) is 1. The second-order valence-corrected chi connectivity index (χ2v) is 10.4. The first-order chi connectivity index (χ1) is 16.0. The summed E-state index contributed by atoms with van der Waals surface area (Å²) >= 11 is 1.77. The van der Waals surface area contributed by atoms with E-state index in [1.807, 2.05) is 35.2 Å². The molecule has 2 atom stereocenters. The number of carbonyl (C=O) groups is 1. The molecular formula is C27H36N2O3S. The number of hydrogen-bond donors (Lipinski definition) is 1. The Bertz CT molecular complexity index is 922. The fraction of sp³-hybridized carbons (Fsp3) is 0.519. The van der Waals surface area contributed by atoms with Gasteiger partial charge in [0.05, 0.1) is 18.7 Å². The molecule has 1 aromatic carbocycles. The molecule has 1 fully saturated rings. The third-order valence-corrected chi connectivity index (χ3v) is 7.59. The zero-order valence-corrected chi connectivity index (χ0v) is 20.4. The van der Waals surface area contributed by atoms with Crippen LogP contribution in [0.3, 0.4) is 0 Å². The van der Waals surface area contributed by atoms with E-state index in [1.54, 1.807) is 11.3 Å². The summed E-state index contributed by atoms with van der Waals surface area (Å²) in [7, 11) is 0. The van der Waals surface area contributed by atoms with E-state index >= 15 is 0 Å². The maximum atomic E-state index is 13.5. The van der Waals surface area contributed by atoms with Crippen molar-refractivity contribution in [2.24, 2.45) is 5.92 Å². The van der Waals surface area contributed by atoms with E-state index < -0.39 is 6.10 Å². The summed E-state index contributed by atoms with van der Waals surface area (Å²) in [4.78, 5) is 19.1. The van der Waals surface area contributed by atoms with Crippen LogP contribution in [-0.2, 0) is 11.2 Å². The van der Waals surface area contributed by atoms with Crippen LogP contribution in [0.2, 0.25) is 0 Å². The molecule has 6 heteroatoms. The van der Waals surface area contributed by atoms with Crippen molar-refractivity contribution in [1.29, 1.82) is 0 Å². The Kier molecular flexibility index (Phi) is 8.23. The highest BCUT2D eigenvalue weighted by Gasteiger charge is 2.34. The minimum atomic E-state index is -0.431. The lowest BCUT2D eigenvalue weighted by Gasteiger charge is -2.37. The number of amides is 1. The third kappa shape index (κ3) is 6.69. The molecule has 1 saturated carbocycles. The largest absolute Gasteiger partial charge is 0.491 e. The van der Waals surface area contributed by atoms with Crippen LogP contribution in [0.15, 0.2) is 48.4 Å². The number of fused-ring (bicyclic) bond motifs is 1. The monoisotopic (exact) mass is 468 g/mol. The first-order valence-electron chi connectivity index (χ1n) is 12.1. The van der Waals surface area contributed by atoms with Crippen molar-refractivity contribution in [2.45, 2.75) is 51.2 Å². The quantitative estimate of drug-likeness (QED) is 0.463. The summed E-state index contributed by atoms with van der Waals surface area (Å²) in [6, 6.07) is 10.1. The Morgan fingerprint density at radius 3 is 2.85 bits per heavy atom. The van der Waals surface area contributed by atoms with Gasteiger partial charge in [0.25, 0.3) is 0 Å². The van der Waals surface area contributed by atoms with Crippen molar-refractivity contribution in [3.05, 3.63) is 64.4 Å². The molecule has 2 aliphatic rings. The summed E-state index contributed by atoms with van der Waals surface area (Å²) in [6.45, 7) is 8.75. The molecule has 2 unspecified atom stereocenters. The maximum Gasteiger partial charge on any atom is 0.237 e. The van der Waals surface area contributed by atoms with E-state index in [1.165, 1.54) is 28.8 Å². The van der Waals surface area contributed by atoms with E-state index in [0.717, 1.165) is 25.1 Å². The summed E-state index contributed by atoms with van der Waals surface area (Å²) < 4.78 is 6.14. The molecule has 4 rings (SSSR count). The predicted octanol–water partition coefficient (Wildman–Crippen LogP) is 4.60. The molecule has 0 bridgehead atoms. The molecule has 1 aliphatic heterocycles. The molecule has 5 nitrogen and oxygen atoms in total. The van der Waals surface area contributed by atoms with Crippen molar-refractivity contribution >= 4 is 17.2 Å². The second-order valence-electron chi connectivity index (χ2n) is 9.43. The number of aliphatic hydroxyl groups is 1. The zero-order chi connectivity index (χ0) is 23.2. The fourth-order valence-corrected chi connectivity index (χ4v) is 5.46. The van der Waals surface area contributed by atoms with E-state index in [9.17, 15) is 9.90 Å². The summed E-state index contributed by atoms with van der Waals surface area (Å²) in [5.41, 5.74) is 2.41. The number of aryl methyl sites for hydroxylation is 1. The minimum Gasteiger partial charge on any atom is -0.491 e. The van der Waals surface area contributed by atoms with Gasteiger partial charge in [-0.25, -0.2) is 0 Å². The first kappa shape index (κ1) is 24.0. The van der Waals surface area contributed by atoms with Gasteiger partial charge < -0.3 is 14.7 Å². The molecule has 0 spiro atoms. The Balaban J connectivity index is 1.43. The first-order valence-corrected chi connectivity index (χ1v) is 13.0. The number of aliphatic hydroxyl groups excluding tert-OH is 1. The standard InChI is InChI=1S/C27H36N2O3S/c1-3-4-5-22(30)17-28(16-21-8-9-21)18-27(31)29-14-12-26-24(13-15-33-26)25(29)19-32-23-10-6-20(2)7-11-23/h3,6-7,10-11,13,15,21-22,25,30H,1,4-5,8-9,12,14,16-19H2,2H3. The van der Waals surface area contributed by atoms with Gasteiger partial charge in [-0.2, -0.15) is 0 Å². The predicted molar refractivity (Wildman–Crippen MR) is 134 cm³/mol. The number of hydrogen-bond acceptors (Lipinski definition) is 5. The van der Waals surface area contributed by atoms with Crippen LogP contribution in [-0.4, -0.2) is 59.7 Å². The number of rotatable bonds is 12. The average molecular weight is 469 g/mol. The smallest absolute Gasteiger partial charge is 0.237 e. The van der Waals surface area contributed by atoms with Crippen LogP contribution in [0.25, 0.3) is 0 Å². The zero-order valence-electron chi connectivity index (χ0n) is 19.6. The third-order valence-electron chi connectivity index (χ3n) is 6.59. The lowest BCUT2D eigenvalue weighted by Crippen LogP contribution is -2.48. The molecule has 1 N–H and O–H groups in total. The molecule has 2 heterocycles. The highest BCUT2D eigenvalue weighted by Crippen LogP contribution is 2.34. The lowest BCUT2D eigenvalue weighted by atomic mass is 10.0. The fourth-order valence-electron chi connectivity index (χ4n) is 4.54. The van der Waals surface area contributed by atoms with Crippen molar-refractivity contribution < 1.29 is 14.6 Å². The lowest BCUT2D eigenvalue weighted by molar-refractivity contribution is -0.136. The number of allylic oxidation sites excluding steroid dienone is 1. The summed E-state index contributed by atoms with van der Waals surface area (Å²) in [6.07, 6.45) is 6.23. The molecular weight excluding hydrogens is 432 g/mol. The Labute approximate surface area is 201 Å². The van der Waals surface area contributed by atoms with Gasteiger partial charge in [0, 0.05) is 24.5 Å². The van der Waals surface area contributed by atoms with Crippen molar-refractivity contribution in [2.75, 3.05) is 32.8 Å². The van der Waals surface area contributed by atoms with Crippen LogP contribution in [0.1, 0.15) is 47.7 Å².